The van der Waals surface area contributed by atoms with Crippen molar-refractivity contribution < 1.29 is 9.90 Å². The lowest BCUT2D eigenvalue weighted by Gasteiger charge is -2.23. The Hall–Kier alpha value is -2.04. The van der Waals surface area contributed by atoms with Crippen molar-refractivity contribution >= 4 is 18.3 Å². The maximum atomic E-state index is 12.1. The summed E-state index contributed by atoms with van der Waals surface area (Å²) in [5.41, 5.74) is 5.07. The van der Waals surface area contributed by atoms with Gasteiger partial charge in [0.05, 0.1) is 5.56 Å². The first kappa shape index (κ1) is 18.3. The Labute approximate surface area is 148 Å². The number of carbonyl (C=O) groups excluding carboxylic acids is 1. The Balaban J connectivity index is 0.00000208. The van der Waals surface area contributed by atoms with E-state index in [1.807, 2.05) is 36.4 Å². The molecular weight excluding hydrogens is 324 g/mol. The lowest BCUT2D eigenvalue weighted by molar-refractivity contribution is 0.0951. The molecule has 5 heteroatoms. The summed E-state index contributed by atoms with van der Waals surface area (Å²) in [7, 11) is 0. The van der Waals surface area contributed by atoms with E-state index in [9.17, 15) is 9.90 Å². The van der Waals surface area contributed by atoms with Crippen LogP contribution in [-0.2, 0) is 0 Å². The maximum absolute atomic E-state index is 12.1. The molecule has 0 aromatic heterocycles. The highest BCUT2D eigenvalue weighted by atomic mass is 35.5. The molecule has 24 heavy (non-hydrogen) atoms. The SMILES string of the molecule is Cl.NNC(=O)c1cc(C2CCCCC2)cc(-c2ccccc2)c1O. The van der Waals surface area contributed by atoms with Crippen molar-refractivity contribution in [3.63, 3.8) is 0 Å². The number of nitrogens with two attached hydrogens (primary N) is 1. The van der Waals surface area contributed by atoms with Crippen LogP contribution >= 0.6 is 12.4 Å². The highest BCUT2D eigenvalue weighted by molar-refractivity contribution is 5.99. The molecular formula is C19H23ClN2O2. The number of amides is 1. The molecule has 0 spiro atoms. The van der Waals surface area contributed by atoms with Gasteiger partial charge in [0.15, 0.2) is 0 Å². The third-order valence-electron chi connectivity index (χ3n) is 4.67. The predicted molar refractivity (Wildman–Crippen MR) is 98.3 cm³/mol. The van der Waals surface area contributed by atoms with Crippen molar-refractivity contribution in [3.05, 3.63) is 53.6 Å². The minimum Gasteiger partial charge on any atom is -0.506 e. The van der Waals surface area contributed by atoms with Gasteiger partial charge in [0.25, 0.3) is 5.91 Å². The standard InChI is InChI=1S/C19H22N2O2.ClH/c20-21-19(23)17-12-15(13-7-3-1-4-8-13)11-16(18(17)22)14-9-5-2-6-10-14;/h2,5-6,9-13,22H,1,3-4,7-8,20H2,(H,21,23);1H. The van der Waals surface area contributed by atoms with Gasteiger partial charge in [-0.05, 0) is 42.0 Å². The number of aromatic hydroxyl groups is 1. The molecule has 4 nitrogen and oxygen atoms in total. The quantitative estimate of drug-likeness (QED) is 0.444. The van der Waals surface area contributed by atoms with Crippen molar-refractivity contribution in [1.29, 1.82) is 0 Å². The Kier molecular flexibility index (Phi) is 6.23. The maximum Gasteiger partial charge on any atom is 0.268 e. The van der Waals surface area contributed by atoms with Gasteiger partial charge in [0.2, 0.25) is 0 Å². The second kappa shape index (κ2) is 8.18. The van der Waals surface area contributed by atoms with E-state index in [0.29, 0.717) is 11.5 Å². The van der Waals surface area contributed by atoms with Crippen LogP contribution in [0.25, 0.3) is 11.1 Å². The molecule has 128 valence electrons. The van der Waals surface area contributed by atoms with Crippen LogP contribution in [0.1, 0.15) is 53.9 Å². The Morgan fingerprint density at radius 2 is 1.75 bits per heavy atom. The Bertz CT molecular complexity index is 698. The third-order valence-corrected chi connectivity index (χ3v) is 4.67. The van der Waals surface area contributed by atoms with Crippen LogP contribution in [-0.4, -0.2) is 11.0 Å². The number of nitrogens with one attached hydrogen (secondary N) is 1. The average molecular weight is 347 g/mol. The number of hydrazine groups is 1. The van der Waals surface area contributed by atoms with Gasteiger partial charge in [0, 0.05) is 5.56 Å². The van der Waals surface area contributed by atoms with Crippen molar-refractivity contribution in [2.24, 2.45) is 5.84 Å². The molecule has 0 bridgehead atoms. The summed E-state index contributed by atoms with van der Waals surface area (Å²) in [4.78, 5) is 12.1. The van der Waals surface area contributed by atoms with Crippen molar-refractivity contribution in [2.45, 2.75) is 38.0 Å². The van der Waals surface area contributed by atoms with Crippen LogP contribution in [0.2, 0.25) is 0 Å². The summed E-state index contributed by atoms with van der Waals surface area (Å²) in [6, 6.07) is 13.5. The first-order chi connectivity index (χ1) is 11.2. The molecule has 1 fully saturated rings. The van der Waals surface area contributed by atoms with Crippen LogP contribution in [0.5, 0.6) is 5.75 Å². The third kappa shape index (κ3) is 3.71. The summed E-state index contributed by atoms with van der Waals surface area (Å²) in [6.45, 7) is 0. The van der Waals surface area contributed by atoms with E-state index < -0.39 is 5.91 Å². The molecule has 0 unspecified atom stereocenters. The second-order valence-corrected chi connectivity index (χ2v) is 6.14. The fourth-order valence-corrected chi connectivity index (χ4v) is 3.42. The van der Waals surface area contributed by atoms with E-state index >= 15 is 0 Å². The number of nitrogen functional groups attached to an aromatic ring is 1. The molecule has 0 saturated heterocycles. The van der Waals surface area contributed by atoms with Gasteiger partial charge in [-0.1, -0.05) is 49.6 Å². The van der Waals surface area contributed by atoms with Gasteiger partial charge >= 0.3 is 0 Å². The minimum atomic E-state index is -0.461. The molecule has 0 atom stereocenters. The van der Waals surface area contributed by atoms with Gasteiger partial charge in [-0.15, -0.1) is 12.4 Å². The fraction of sp³-hybridized carbons (Fsp3) is 0.316. The number of halogens is 1. The monoisotopic (exact) mass is 346 g/mol. The fourth-order valence-electron chi connectivity index (χ4n) is 3.42. The van der Waals surface area contributed by atoms with E-state index in [1.54, 1.807) is 6.07 Å². The summed E-state index contributed by atoms with van der Waals surface area (Å²) >= 11 is 0. The zero-order valence-electron chi connectivity index (χ0n) is 13.5. The Morgan fingerprint density at radius 1 is 1.08 bits per heavy atom. The van der Waals surface area contributed by atoms with E-state index in [0.717, 1.165) is 24.0 Å². The van der Waals surface area contributed by atoms with Crippen LogP contribution in [0, 0.1) is 0 Å². The number of rotatable bonds is 3. The van der Waals surface area contributed by atoms with E-state index in [4.69, 9.17) is 5.84 Å². The first-order valence-electron chi connectivity index (χ1n) is 8.14. The molecule has 0 aliphatic heterocycles. The Morgan fingerprint density at radius 3 is 2.38 bits per heavy atom. The second-order valence-electron chi connectivity index (χ2n) is 6.14. The molecule has 1 aliphatic rings. The van der Waals surface area contributed by atoms with Gasteiger partial charge in [-0.3, -0.25) is 10.2 Å². The number of phenolic OH excluding ortho intramolecular Hbond substituents is 1. The summed E-state index contributed by atoms with van der Waals surface area (Å²) in [6.07, 6.45) is 5.96. The molecule has 4 N–H and O–H groups in total. The molecule has 0 heterocycles. The topological polar surface area (TPSA) is 75.3 Å². The number of benzene rings is 2. The lowest BCUT2D eigenvalue weighted by atomic mass is 9.82. The van der Waals surface area contributed by atoms with Crippen molar-refractivity contribution in [1.82, 2.24) is 5.43 Å². The van der Waals surface area contributed by atoms with Crippen molar-refractivity contribution in [3.8, 4) is 16.9 Å². The number of phenols is 1. The molecule has 1 aliphatic carbocycles. The van der Waals surface area contributed by atoms with Gasteiger partial charge in [0.1, 0.15) is 5.75 Å². The molecule has 3 rings (SSSR count). The van der Waals surface area contributed by atoms with Gasteiger partial charge < -0.3 is 5.11 Å². The zero-order valence-corrected chi connectivity index (χ0v) is 14.3. The average Bonchev–Trinajstić information content (AvgIpc) is 2.62. The normalized spacial score (nSPS) is 14.7. The first-order valence-corrected chi connectivity index (χ1v) is 8.14. The molecule has 2 aromatic carbocycles. The highest BCUT2D eigenvalue weighted by Crippen LogP contribution is 2.39. The van der Waals surface area contributed by atoms with Crippen molar-refractivity contribution in [2.75, 3.05) is 0 Å². The summed E-state index contributed by atoms with van der Waals surface area (Å²) in [5.74, 6) is 5.24. The van der Waals surface area contributed by atoms with Crippen LogP contribution in [0.4, 0.5) is 0 Å². The predicted octanol–water partition coefficient (Wildman–Crippen LogP) is 4.13. The van der Waals surface area contributed by atoms with Gasteiger partial charge in [-0.25, -0.2) is 5.84 Å². The highest BCUT2D eigenvalue weighted by Gasteiger charge is 2.22. The summed E-state index contributed by atoms with van der Waals surface area (Å²) < 4.78 is 0. The summed E-state index contributed by atoms with van der Waals surface area (Å²) in [5, 5.41) is 10.6. The lowest BCUT2D eigenvalue weighted by Crippen LogP contribution is -2.30. The zero-order chi connectivity index (χ0) is 16.2. The number of carbonyl (C=O) groups is 1. The molecule has 1 saturated carbocycles. The van der Waals surface area contributed by atoms with Crippen LogP contribution in [0.15, 0.2) is 42.5 Å². The molecule has 2 aromatic rings. The number of hydrogen-bond acceptors (Lipinski definition) is 3. The molecule has 1 amide bonds. The van der Waals surface area contributed by atoms with E-state index in [2.05, 4.69) is 5.43 Å². The smallest absolute Gasteiger partial charge is 0.268 e. The largest absolute Gasteiger partial charge is 0.506 e. The van der Waals surface area contributed by atoms with E-state index in [-0.39, 0.29) is 23.7 Å². The number of hydrogen-bond donors (Lipinski definition) is 3. The van der Waals surface area contributed by atoms with Gasteiger partial charge in [-0.2, -0.15) is 0 Å². The van der Waals surface area contributed by atoms with Crippen LogP contribution in [0.3, 0.4) is 0 Å². The van der Waals surface area contributed by atoms with E-state index in [1.165, 1.54) is 19.3 Å². The van der Waals surface area contributed by atoms with Crippen LogP contribution < -0.4 is 11.3 Å². The minimum absolute atomic E-state index is 0. The molecule has 0 radical (unpaired) electrons.